The van der Waals surface area contributed by atoms with Crippen LogP contribution in [-0.4, -0.2) is 29.4 Å². The first-order valence-electron chi connectivity index (χ1n) is 11.1. The summed E-state index contributed by atoms with van der Waals surface area (Å²) in [5, 5.41) is 4.34. The second kappa shape index (κ2) is 6.65. The summed E-state index contributed by atoms with van der Waals surface area (Å²) in [5.74, 6) is 2.24. The van der Waals surface area contributed by atoms with E-state index in [0.29, 0.717) is 48.8 Å². The molecule has 0 aromatic heterocycles. The Hall–Kier alpha value is -1.23. The molecular formula is C23H36N2O3. The Morgan fingerprint density at radius 1 is 1.11 bits per heavy atom. The van der Waals surface area contributed by atoms with Crippen LogP contribution in [0.5, 0.6) is 0 Å². The van der Waals surface area contributed by atoms with Crippen LogP contribution in [0.15, 0.2) is 5.16 Å². The Balaban J connectivity index is 1.52. The van der Waals surface area contributed by atoms with Crippen molar-refractivity contribution in [2.24, 2.45) is 45.4 Å². The van der Waals surface area contributed by atoms with Crippen molar-refractivity contribution in [1.82, 2.24) is 0 Å². The highest BCUT2D eigenvalue weighted by atomic mass is 16.6. The Labute approximate surface area is 168 Å². The lowest BCUT2D eigenvalue weighted by atomic mass is 9.45. The molecule has 4 saturated carbocycles. The van der Waals surface area contributed by atoms with Gasteiger partial charge in [-0.15, -0.1) is 0 Å². The van der Waals surface area contributed by atoms with Gasteiger partial charge in [0.2, 0.25) is 0 Å². The highest BCUT2D eigenvalue weighted by molar-refractivity contribution is 5.93. The van der Waals surface area contributed by atoms with E-state index in [9.17, 15) is 9.59 Å². The van der Waals surface area contributed by atoms with E-state index in [2.05, 4.69) is 19.0 Å². The van der Waals surface area contributed by atoms with Gasteiger partial charge in [0.25, 0.3) is 0 Å². The Bertz CT molecular complexity index is 709. The van der Waals surface area contributed by atoms with Gasteiger partial charge in [-0.1, -0.05) is 19.0 Å². The Kier molecular flexibility index (Phi) is 4.76. The summed E-state index contributed by atoms with van der Waals surface area (Å²) in [4.78, 5) is 31.3. The Morgan fingerprint density at radius 2 is 1.86 bits per heavy atom. The van der Waals surface area contributed by atoms with Gasteiger partial charge in [-0.3, -0.25) is 9.59 Å². The smallest absolute Gasteiger partial charge is 0.139 e. The number of nitrogens with two attached hydrogens (primary N) is 1. The molecule has 4 fully saturated rings. The lowest BCUT2D eigenvalue weighted by molar-refractivity contribution is -0.152. The van der Waals surface area contributed by atoms with Crippen LogP contribution in [0, 0.1) is 34.5 Å². The van der Waals surface area contributed by atoms with Crippen LogP contribution < -0.4 is 5.73 Å². The van der Waals surface area contributed by atoms with Gasteiger partial charge in [0.15, 0.2) is 0 Å². The fourth-order valence-corrected chi connectivity index (χ4v) is 6.99. The highest BCUT2D eigenvalue weighted by Gasteiger charge is 2.62. The quantitative estimate of drug-likeness (QED) is 0.744. The van der Waals surface area contributed by atoms with Crippen LogP contribution in [0.3, 0.4) is 0 Å². The summed E-state index contributed by atoms with van der Waals surface area (Å²) in [5.41, 5.74) is 6.43. The molecule has 0 aliphatic heterocycles. The molecule has 2 N–H and O–H groups in total. The van der Waals surface area contributed by atoms with Gasteiger partial charge in [0, 0.05) is 29.7 Å². The zero-order valence-electron chi connectivity index (χ0n) is 17.9. The van der Waals surface area contributed by atoms with Crippen molar-refractivity contribution in [2.45, 2.75) is 84.6 Å². The van der Waals surface area contributed by atoms with Crippen LogP contribution in [0.1, 0.15) is 79.1 Å². The van der Waals surface area contributed by atoms with E-state index >= 15 is 0 Å². The molecule has 0 spiro atoms. The van der Waals surface area contributed by atoms with Crippen LogP contribution in [0.25, 0.3) is 0 Å². The third-order valence-electron chi connectivity index (χ3n) is 8.64. The maximum Gasteiger partial charge on any atom is 0.139 e. The van der Waals surface area contributed by atoms with Gasteiger partial charge >= 0.3 is 0 Å². The molecule has 0 aromatic carbocycles. The van der Waals surface area contributed by atoms with Gasteiger partial charge in [-0.2, -0.15) is 0 Å². The number of ketones is 2. The molecule has 4 aliphatic carbocycles. The number of hydrogen-bond acceptors (Lipinski definition) is 5. The zero-order chi connectivity index (χ0) is 20.3. The summed E-state index contributed by atoms with van der Waals surface area (Å²) >= 11 is 0. The van der Waals surface area contributed by atoms with Gasteiger partial charge in [-0.05, 0) is 75.5 Å². The van der Waals surface area contributed by atoms with Gasteiger partial charge < -0.3 is 10.6 Å². The monoisotopic (exact) mass is 388 g/mol. The van der Waals surface area contributed by atoms with Gasteiger partial charge in [0.05, 0.1) is 5.71 Å². The minimum Gasteiger partial charge on any atom is -0.394 e. The summed E-state index contributed by atoms with van der Waals surface area (Å²) in [6.07, 6.45) is 7.07. The molecule has 4 aliphatic rings. The van der Waals surface area contributed by atoms with Crippen molar-refractivity contribution in [3.05, 3.63) is 0 Å². The van der Waals surface area contributed by atoms with Crippen LogP contribution in [-0.2, 0) is 14.4 Å². The number of Topliss-reactive ketones (excluding diaryl/α,β-unsaturated/α-hetero) is 2. The number of carbonyl (C=O) groups is 2. The van der Waals surface area contributed by atoms with E-state index in [1.807, 2.05) is 13.8 Å². The highest BCUT2D eigenvalue weighted by Crippen LogP contribution is 2.64. The largest absolute Gasteiger partial charge is 0.394 e. The minimum atomic E-state index is -0.408. The second-order valence-electron chi connectivity index (χ2n) is 11.1. The Morgan fingerprint density at radius 3 is 2.57 bits per heavy atom. The number of carbonyl (C=O) groups excluding carboxylic acids is 2. The third kappa shape index (κ3) is 3.14. The topological polar surface area (TPSA) is 81.8 Å². The standard InChI is InChI=1S/C23H36N2O3/c1-21(2,24)13-28-25-14-7-9-22(3)17-8-10-23(4)16(5-6-20(23)27)15(17)12-19(26)18(22)11-14/h15-18H,5-13,24H2,1-4H3/b25-14+/t15-,16-,17-,18+,22+,23-/m0/s1. The van der Waals surface area contributed by atoms with Crippen molar-refractivity contribution in [3.8, 4) is 0 Å². The van der Waals surface area contributed by atoms with Crippen LogP contribution in [0.2, 0.25) is 0 Å². The maximum atomic E-state index is 13.2. The first-order chi connectivity index (χ1) is 13.0. The van der Waals surface area contributed by atoms with E-state index in [1.165, 1.54) is 0 Å². The fraction of sp³-hybridized carbons (Fsp3) is 0.870. The average molecular weight is 389 g/mol. The van der Waals surface area contributed by atoms with E-state index in [0.717, 1.165) is 44.2 Å². The van der Waals surface area contributed by atoms with E-state index in [1.54, 1.807) is 0 Å². The molecule has 4 rings (SSSR count). The molecule has 0 aromatic rings. The molecule has 0 unspecified atom stereocenters. The molecule has 28 heavy (non-hydrogen) atoms. The van der Waals surface area contributed by atoms with Crippen molar-refractivity contribution >= 4 is 17.3 Å². The molecule has 0 saturated heterocycles. The SMILES string of the molecule is CC(C)(N)CO/N=C1\CC[C@@]2(C)[C@H](C1)C(=O)C[C@@H]1[C@@H]2CC[C@]2(C)C(=O)CC[C@@H]12. The summed E-state index contributed by atoms with van der Waals surface area (Å²) in [6.45, 7) is 8.73. The van der Waals surface area contributed by atoms with Crippen molar-refractivity contribution in [1.29, 1.82) is 0 Å². The van der Waals surface area contributed by atoms with Gasteiger partial charge in [-0.25, -0.2) is 0 Å². The van der Waals surface area contributed by atoms with Gasteiger partial charge in [0.1, 0.15) is 18.2 Å². The second-order valence-corrected chi connectivity index (χ2v) is 11.1. The number of oxime groups is 1. The lowest BCUT2D eigenvalue weighted by Gasteiger charge is -2.58. The number of nitrogens with zero attached hydrogens (tertiary/aromatic N) is 1. The molecule has 5 heteroatoms. The number of rotatable bonds is 3. The minimum absolute atomic E-state index is 0.0408. The first-order valence-corrected chi connectivity index (χ1v) is 11.1. The molecule has 6 atom stereocenters. The predicted octanol–water partition coefficient (Wildman–Crippen LogP) is 3.89. The number of fused-ring (bicyclic) bond motifs is 5. The molecule has 156 valence electrons. The maximum absolute atomic E-state index is 13.2. The predicted molar refractivity (Wildman–Crippen MR) is 109 cm³/mol. The molecule has 0 amide bonds. The lowest BCUT2D eigenvalue weighted by Crippen LogP contribution is -2.56. The third-order valence-corrected chi connectivity index (χ3v) is 8.64. The molecule has 0 bridgehead atoms. The normalized spacial score (nSPS) is 44.8. The summed E-state index contributed by atoms with van der Waals surface area (Å²) in [6, 6.07) is 0. The summed E-state index contributed by atoms with van der Waals surface area (Å²) in [7, 11) is 0. The first kappa shape index (κ1) is 20.1. The summed E-state index contributed by atoms with van der Waals surface area (Å²) < 4.78 is 0. The molecular weight excluding hydrogens is 352 g/mol. The molecule has 5 nitrogen and oxygen atoms in total. The zero-order valence-corrected chi connectivity index (χ0v) is 17.9. The fourth-order valence-electron chi connectivity index (χ4n) is 6.99. The number of hydrogen-bond donors (Lipinski definition) is 1. The molecule has 0 radical (unpaired) electrons. The average Bonchev–Trinajstić information content (AvgIpc) is 2.90. The van der Waals surface area contributed by atoms with E-state index in [4.69, 9.17) is 10.6 Å². The van der Waals surface area contributed by atoms with Crippen molar-refractivity contribution in [3.63, 3.8) is 0 Å². The molecule has 0 heterocycles. The van der Waals surface area contributed by atoms with Crippen LogP contribution >= 0.6 is 0 Å². The van der Waals surface area contributed by atoms with Crippen molar-refractivity contribution in [2.75, 3.05) is 6.61 Å². The van der Waals surface area contributed by atoms with E-state index in [-0.39, 0.29) is 16.7 Å². The van der Waals surface area contributed by atoms with Crippen molar-refractivity contribution < 1.29 is 14.4 Å². The van der Waals surface area contributed by atoms with E-state index < -0.39 is 5.54 Å². The van der Waals surface area contributed by atoms with Crippen LogP contribution in [0.4, 0.5) is 0 Å².